The number of carbonyl (C=O) groups is 1. The highest BCUT2D eigenvalue weighted by Crippen LogP contribution is 2.19. The second-order valence-corrected chi connectivity index (χ2v) is 7.66. The third kappa shape index (κ3) is 4.25. The van der Waals surface area contributed by atoms with E-state index in [0.717, 1.165) is 4.47 Å². The molecule has 1 aromatic heterocycles. The van der Waals surface area contributed by atoms with Crippen molar-refractivity contribution in [2.24, 2.45) is 0 Å². The molecular weight excluding hydrogens is 408 g/mol. The van der Waals surface area contributed by atoms with Crippen LogP contribution in [0.4, 0.5) is 11.5 Å². The van der Waals surface area contributed by atoms with Gasteiger partial charge in [0.05, 0.1) is 11.1 Å². The zero-order valence-corrected chi connectivity index (χ0v) is 15.1. The lowest BCUT2D eigenvalue weighted by Gasteiger charge is -2.10. The molecule has 0 spiro atoms. The van der Waals surface area contributed by atoms with Gasteiger partial charge in [-0.3, -0.25) is 14.6 Å². The average Bonchev–Trinajstić information content (AvgIpc) is 3.08. The summed E-state index contributed by atoms with van der Waals surface area (Å²) in [6.07, 6.45) is 1.51. The number of benzene rings is 2. The van der Waals surface area contributed by atoms with E-state index in [1.54, 1.807) is 36.4 Å². The van der Waals surface area contributed by atoms with E-state index in [2.05, 4.69) is 36.2 Å². The maximum absolute atomic E-state index is 12.4. The van der Waals surface area contributed by atoms with Crippen LogP contribution in [0.15, 0.2) is 70.2 Å². The van der Waals surface area contributed by atoms with Gasteiger partial charge in [-0.05, 0) is 42.5 Å². The van der Waals surface area contributed by atoms with Crippen LogP contribution in [0.2, 0.25) is 0 Å². The number of anilines is 2. The molecule has 0 fully saturated rings. The van der Waals surface area contributed by atoms with Gasteiger partial charge in [0.25, 0.3) is 15.9 Å². The lowest BCUT2D eigenvalue weighted by Crippen LogP contribution is -2.15. The van der Waals surface area contributed by atoms with Crippen molar-refractivity contribution in [1.82, 2.24) is 10.2 Å². The van der Waals surface area contributed by atoms with E-state index in [-0.39, 0.29) is 10.8 Å². The fourth-order valence-electron chi connectivity index (χ4n) is 2.07. The molecule has 0 radical (unpaired) electrons. The Morgan fingerprint density at radius 1 is 1.08 bits per heavy atom. The quantitative estimate of drug-likeness (QED) is 0.589. The van der Waals surface area contributed by atoms with Crippen LogP contribution in [0.3, 0.4) is 0 Å². The number of sulfonamides is 1. The van der Waals surface area contributed by atoms with Crippen molar-refractivity contribution in [2.75, 3.05) is 10.0 Å². The molecule has 0 aliphatic heterocycles. The van der Waals surface area contributed by atoms with Crippen molar-refractivity contribution >= 4 is 43.4 Å². The Labute approximate surface area is 152 Å². The Bertz CT molecular complexity index is 986. The SMILES string of the molecule is O=C(Nc1ccn[nH]1)c1cccc(NS(=O)(=O)c2ccc(Br)cc2)c1. The normalized spacial score (nSPS) is 11.1. The second kappa shape index (κ2) is 7.08. The van der Waals surface area contributed by atoms with Crippen LogP contribution in [-0.4, -0.2) is 24.5 Å². The van der Waals surface area contributed by atoms with E-state index in [4.69, 9.17) is 0 Å². The van der Waals surface area contributed by atoms with E-state index < -0.39 is 10.0 Å². The number of amides is 1. The minimum atomic E-state index is -3.74. The molecule has 128 valence electrons. The second-order valence-electron chi connectivity index (χ2n) is 5.06. The highest BCUT2D eigenvalue weighted by molar-refractivity contribution is 9.10. The summed E-state index contributed by atoms with van der Waals surface area (Å²) < 4.78 is 28.1. The summed E-state index contributed by atoms with van der Waals surface area (Å²) in [5, 5.41) is 8.99. The van der Waals surface area contributed by atoms with Crippen molar-refractivity contribution in [1.29, 1.82) is 0 Å². The fourth-order valence-corrected chi connectivity index (χ4v) is 3.39. The summed E-state index contributed by atoms with van der Waals surface area (Å²) in [6, 6.07) is 14.1. The Balaban J connectivity index is 1.79. The number of H-pyrrole nitrogens is 1. The monoisotopic (exact) mass is 420 g/mol. The molecule has 3 rings (SSSR count). The van der Waals surface area contributed by atoms with Gasteiger partial charge in [-0.2, -0.15) is 5.10 Å². The van der Waals surface area contributed by atoms with E-state index in [1.165, 1.54) is 24.4 Å². The predicted molar refractivity (Wildman–Crippen MR) is 97.9 cm³/mol. The molecule has 0 aliphatic carbocycles. The van der Waals surface area contributed by atoms with Gasteiger partial charge in [0, 0.05) is 21.8 Å². The molecule has 1 amide bonds. The summed E-state index contributed by atoms with van der Waals surface area (Å²) >= 11 is 3.26. The molecule has 0 bridgehead atoms. The maximum Gasteiger partial charge on any atom is 0.261 e. The zero-order valence-electron chi connectivity index (χ0n) is 12.7. The zero-order chi connectivity index (χ0) is 17.9. The average molecular weight is 421 g/mol. The van der Waals surface area contributed by atoms with E-state index in [1.807, 2.05) is 0 Å². The number of halogens is 1. The molecule has 0 atom stereocenters. The largest absolute Gasteiger partial charge is 0.307 e. The van der Waals surface area contributed by atoms with Gasteiger partial charge in [-0.1, -0.05) is 22.0 Å². The van der Waals surface area contributed by atoms with Crippen LogP contribution in [0.5, 0.6) is 0 Å². The molecular formula is C16H13BrN4O3S. The summed E-state index contributed by atoms with van der Waals surface area (Å²) in [5.74, 6) is 0.0692. The molecule has 3 N–H and O–H groups in total. The molecule has 9 heteroatoms. The van der Waals surface area contributed by atoms with Gasteiger partial charge >= 0.3 is 0 Å². The van der Waals surface area contributed by atoms with Crippen LogP contribution >= 0.6 is 15.9 Å². The summed E-state index contributed by atoms with van der Waals surface area (Å²) in [5.41, 5.74) is 0.603. The van der Waals surface area contributed by atoms with E-state index in [9.17, 15) is 13.2 Å². The molecule has 2 aromatic carbocycles. The van der Waals surface area contributed by atoms with Gasteiger partial charge in [0.15, 0.2) is 0 Å². The minimum Gasteiger partial charge on any atom is -0.307 e. The predicted octanol–water partition coefficient (Wildman–Crippen LogP) is 3.23. The number of hydrogen-bond donors (Lipinski definition) is 3. The first-order chi connectivity index (χ1) is 11.9. The van der Waals surface area contributed by atoms with Crippen LogP contribution in [-0.2, 0) is 10.0 Å². The lowest BCUT2D eigenvalue weighted by atomic mass is 10.2. The summed E-state index contributed by atoms with van der Waals surface area (Å²) in [7, 11) is -3.74. The Morgan fingerprint density at radius 3 is 2.52 bits per heavy atom. The highest BCUT2D eigenvalue weighted by atomic mass is 79.9. The van der Waals surface area contributed by atoms with Crippen LogP contribution in [0.25, 0.3) is 0 Å². The third-order valence-corrected chi connectivity index (χ3v) is 5.18. The number of rotatable bonds is 5. The van der Waals surface area contributed by atoms with E-state index in [0.29, 0.717) is 17.1 Å². The Kier molecular flexibility index (Phi) is 4.86. The van der Waals surface area contributed by atoms with Crippen molar-refractivity contribution in [3.8, 4) is 0 Å². The lowest BCUT2D eigenvalue weighted by molar-refractivity contribution is 0.102. The van der Waals surface area contributed by atoms with Crippen LogP contribution < -0.4 is 10.0 Å². The first-order valence-corrected chi connectivity index (χ1v) is 9.41. The van der Waals surface area contributed by atoms with Gasteiger partial charge in [0.2, 0.25) is 0 Å². The molecule has 7 nitrogen and oxygen atoms in total. The van der Waals surface area contributed by atoms with Gasteiger partial charge < -0.3 is 5.32 Å². The maximum atomic E-state index is 12.4. The first-order valence-electron chi connectivity index (χ1n) is 7.13. The number of nitrogens with one attached hydrogen (secondary N) is 3. The molecule has 0 saturated carbocycles. The van der Waals surface area contributed by atoms with Gasteiger partial charge in [-0.15, -0.1) is 0 Å². The smallest absolute Gasteiger partial charge is 0.261 e. The number of carbonyl (C=O) groups excluding carboxylic acids is 1. The molecule has 1 heterocycles. The molecule has 0 unspecified atom stereocenters. The number of aromatic nitrogens is 2. The number of aromatic amines is 1. The van der Waals surface area contributed by atoms with Gasteiger partial charge in [0.1, 0.15) is 5.82 Å². The molecule has 0 aliphatic rings. The Hall–Kier alpha value is -2.65. The standard InChI is InChI=1S/C16H13BrN4O3S/c17-12-4-6-14(7-5-12)25(23,24)21-13-3-1-2-11(10-13)16(22)19-15-8-9-18-20-15/h1-10,21H,(H2,18,19,20,22). The summed E-state index contributed by atoms with van der Waals surface area (Å²) in [6.45, 7) is 0. The minimum absolute atomic E-state index is 0.128. The topological polar surface area (TPSA) is 104 Å². The van der Waals surface area contributed by atoms with Crippen LogP contribution in [0.1, 0.15) is 10.4 Å². The molecule has 25 heavy (non-hydrogen) atoms. The third-order valence-electron chi connectivity index (χ3n) is 3.25. The van der Waals surface area contributed by atoms with E-state index >= 15 is 0 Å². The van der Waals surface area contributed by atoms with Gasteiger partial charge in [-0.25, -0.2) is 8.42 Å². The fraction of sp³-hybridized carbons (Fsp3) is 0. The first kappa shape index (κ1) is 17.2. The number of hydrogen-bond acceptors (Lipinski definition) is 4. The molecule has 3 aromatic rings. The number of nitrogens with zero attached hydrogens (tertiary/aromatic N) is 1. The highest BCUT2D eigenvalue weighted by Gasteiger charge is 2.15. The van der Waals surface area contributed by atoms with Crippen LogP contribution in [0, 0.1) is 0 Å². The van der Waals surface area contributed by atoms with Crippen molar-refractivity contribution in [3.05, 3.63) is 70.8 Å². The van der Waals surface area contributed by atoms with Crippen molar-refractivity contribution in [2.45, 2.75) is 4.90 Å². The molecule has 0 saturated heterocycles. The Morgan fingerprint density at radius 2 is 1.84 bits per heavy atom. The van der Waals surface area contributed by atoms with Crippen molar-refractivity contribution < 1.29 is 13.2 Å². The summed E-state index contributed by atoms with van der Waals surface area (Å²) in [4.78, 5) is 12.3. The van der Waals surface area contributed by atoms with Crippen molar-refractivity contribution in [3.63, 3.8) is 0 Å².